The smallest absolute Gasteiger partial charge is 0.119 e. The minimum Gasteiger partial charge on any atom is -0.490 e. The van der Waals surface area contributed by atoms with E-state index in [1.54, 1.807) is 0 Å². The normalized spacial score (nSPS) is 19.9. The number of likely N-dealkylation sites (tertiary alicyclic amines) is 1. The molecule has 2 heterocycles. The molecule has 126 valence electrons. The van der Waals surface area contributed by atoms with Crippen LogP contribution in [0.4, 0.5) is 0 Å². The molecule has 2 aromatic rings. The molecule has 1 aliphatic carbocycles. The zero-order chi connectivity index (χ0) is 16.4. The maximum Gasteiger partial charge on any atom is 0.119 e. The minimum absolute atomic E-state index is 0.368. The summed E-state index contributed by atoms with van der Waals surface area (Å²) in [7, 11) is 0. The van der Waals surface area contributed by atoms with E-state index in [1.165, 1.54) is 43.5 Å². The van der Waals surface area contributed by atoms with Crippen LogP contribution >= 0.6 is 0 Å². The maximum atomic E-state index is 6.21. The quantitative estimate of drug-likeness (QED) is 0.831. The second kappa shape index (κ2) is 6.94. The first-order valence-electron chi connectivity index (χ1n) is 9.22. The number of piperidine rings is 1. The number of benzene rings is 1. The highest BCUT2D eigenvalue weighted by Crippen LogP contribution is 2.29. The van der Waals surface area contributed by atoms with E-state index in [-0.39, 0.29) is 0 Å². The summed E-state index contributed by atoms with van der Waals surface area (Å²) in [6.07, 6.45) is 8.74. The van der Waals surface area contributed by atoms with Crippen LogP contribution in [0.15, 0.2) is 42.6 Å². The summed E-state index contributed by atoms with van der Waals surface area (Å²) in [5.41, 5.74) is 3.46. The highest BCUT2D eigenvalue weighted by Gasteiger charge is 2.29. The summed E-state index contributed by atoms with van der Waals surface area (Å²) < 4.78 is 6.21. The van der Waals surface area contributed by atoms with E-state index in [4.69, 9.17) is 4.74 Å². The molecule has 3 heteroatoms. The lowest BCUT2D eigenvalue weighted by Gasteiger charge is -2.41. The first-order chi connectivity index (χ1) is 11.8. The Morgan fingerprint density at radius 2 is 1.75 bits per heavy atom. The van der Waals surface area contributed by atoms with E-state index in [0.29, 0.717) is 6.10 Å². The Hall–Kier alpha value is -1.87. The minimum atomic E-state index is 0.368. The molecule has 0 unspecified atom stereocenters. The summed E-state index contributed by atoms with van der Waals surface area (Å²) in [4.78, 5) is 7.03. The molecule has 2 fully saturated rings. The molecule has 1 aliphatic heterocycles. The van der Waals surface area contributed by atoms with Gasteiger partial charge in [0, 0.05) is 36.6 Å². The van der Waals surface area contributed by atoms with Crippen molar-refractivity contribution in [3.05, 3.63) is 48.3 Å². The number of hydrogen-bond donors (Lipinski definition) is 0. The van der Waals surface area contributed by atoms with Crippen LogP contribution in [0.25, 0.3) is 11.1 Å². The van der Waals surface area contributed by atoms with E-state index in [1.807, 2.05) is 12.3 Å². The maximum absolute atomic E-state index is 6.21. The van der Waals surface area contributed by atoms with Gasteiger partial charge in [0.2, 0.25) is 0 Å². The number of nitrogens with zero attached hydrogens (tertiary/aromatic N) is 2. The fourth-order valence-corrected chi connectivity index (χ4v) is 3.81. The number of aryl methyl sites for hydroxylation is 1. The van der Waals surface area contributed by atoms with Crippen LogP contribution in [0.3, 0.4) is 0 Å². The van der Waals surface area contributed by atoms with Crippen LogP contribution in [0.1, 0.15) is 37.8 Å². The van der Waals surface area contributed by atoms with Crippen molar-refractivity contribution in [2.75, 3.05) is 13.1 Å². The van der Waals surface area contributed by atoms with Gasteiger partial charge < -0.3 is 9.64 Å². The number of pyridine rings is 1. The van der Waals surface area contributed by atoms with E-state index in [9.17, 15) is 0 Å². The third-order valence-corrected chi connectivity index (χ3v) is 5.54. The number of rotatable bonds is 4. The number of hydrogen-bond acceptors (Lipinski definition) is 3. The zero-order valence-electron chi connectivity index (χ0n) is 14.4. The van der Waals surface area contributed by atoms with Gasteiger partial charge in [-0.3, -0.25) is 4.98 Å². The van der Waals surface area contributed by atoms with Crippen molar-refractivity contribution in [2.24, 2.45) is 0 Å². The third-order valence-electron chi connectivity index (χ3n) is 5.54. The van der Waals surface area contributed by atoms with Crippen molar-refractivity contribution in [1.29, 1.82) is 0 Å². The molecule has 0 bridgehead atoms. The van der Waals surface area contributed by atoms with Crippen LogP contribution in [-0.2, 0) is 0 Å². The molecule has 3 nitrogen and oxygen atoms in total. The first kappa shape index (κ1) is 15.6. The molecule has 1 saturated heterocycles. The van der Waals surface area contributed by atoms with Gasteiger partial charge >= 0.3 is 0 Å². The standard InChI is InChI=1S/C21H26N2O/c1-16-21(6-3-13-22-16)17-7-9-19(10-8-17)24-20-11-14-23(15-12-20)18-4-2-5-18/h3,6-10,13,18,20H,2,4-5,11-12,14-15H2,1H3. The monoisotopic (exact) mass is 322 g/mol. The Balaban J connectivity index is 1.35. The average Bonchev–Trinajstić information content (AvgIpc) is 2.56. The van der Waals surface area contributed by atoms with Gasteiger partial charge in [0.25, 0.3) is 0 Å². The Labute approximate surface area is 144 Å². The van der Waals surface area contributed by atoms with Crippen molar-refractivity contribution >= 4 is 0 Å². The van der Waals surface area contributed by atoms with Gasteiger partial charge in [-0.15, -0.1) is 0 Å². The topological polar surface area (TPSA) is 25.4 Å². The molecule has 0 radical (unpaired) electrons. The molecular formula is C21H26N2O. The molecule has 1 saturated carbocycles. The van der Waals surface area contributed by atoms with Gasteiger partial charge in [-0.2, -0.15) is 0 Å². The molecule has 4 rings (SSSR count). The molecule has 0 atom stereocenters. The first-order valence-corrected chi connectivity index (χ1v) is 9.22. The Morgan fingerprint density at radius 1 is 1.00 bits per heavy atom. The largest absolute Gasteiger partial charge is 0.490 e. The molecule has 2 aliphatic rings. The van der Waals surface area contributed by atoms with Gasteiger partial charge in [0.1, 0.15) is 11.9 Å². The zero-order valence-corrected chi connectivity index (χ0v) is 14.4. The van der Waals surface area contributed by atoms with Crippen molar-refractivity contribution in [1.82, 2.24) is 9.88 Å². The third kappa shape index (κ3) is 3.32. The van der Waals surface area contributed by atoms with Crippen LogP contribution in [0, 0.1) is 6.92 Å². The molecule has 0 N–H and O–H groups in total. The molecule has 1 aromatic heterocycles. The van der Waals surface area contributed by atoms with Crippen molar-refractivity contribution in [3.63, 3.8) is 0 Å². The lowest BCUT2D eigenvalue weighted by Crippen LogP contribution is -2.46. The lowest BCUT2D eigenvalue weighted by molar-refractivity contribution is 0.0493. The highest BCUT2D eigenvalue weighted by atomic mass is 16.5. The molecule has 0 spiro atoms. The molecule has 0 amide bonds. The van der Waals surface area contributed by atoms with Crippen LogP contribution < -0.4 is 4.74 Å². The van der Waals surface area contributed by atoms with Gasteiger partial charge in [0.05, 0.1) is 0 Å². The highest BCUT2D eigenvalue weighted by molar-refractivity contribution is 5.66. The lowest BCUT2D eigenvalue weighted by atomic mass is 9.90. The summed E-state index contributed by atoms with van der Waals surface area (Å²) in [6.45, 7) is 4.44. The Bertz CT molecular complexity index is 670. The van der Waals surface area contributed by atoms with E-state index in [2.05, 4.69) is 47.1 Å². The van der Waals surface area contributed by atoms with Gasteiger partial charge in [-0.05, 0) is 56.4 Å². The summed E-state index contributed by atoms with van der Waals surface area (Å²) in [6, 6.07) is 13.5. The fourth-order valence-electron chi connectivity index (χ4n) is 3.81. The number of ether oxygens (including phenoxy) is 1. The van der Waals surface area contributed by atoms with Crippen LogP contribution in [0.5, 0.6) is 5.75 Å². The van der Waals surface area contributed by atoms with Crippen molar-refractivity contribution in [3.8, 4) is 16.9 Å². The summed E-state index contributed by atoms with van der Waals surface area (Å²) in [5.74, 6) is 0.988. The Kier molecular flexibility index (Phi) is 4.52. The van der Waals surface area contributed by atoms with E-state index >= 15 is 0 Å². The SMILES string of the molecule is Cc1ncccc1-c1ccc(OC2CCN(C3CCC3)CC2)cc1. The fraction of sp³-hybridized carbons (Fsp3) is 0.476. The second-order valence-electron chi connectivity index (χ2n) is 7.10. The van der Waals surface area contributed by atoms with Gasteiger partial charge in [-0.1, -0.05) is 24.6 Å². The van der Waals surface area contributed by atoms with Gasteiger partial charge in [0.15, 0.2) is 0 Å². The molecule has 24 heavy (non-hydrogen) atoms. The summed E-state index contributed by atoms with van der Waals surface area (Å²) >= 11 is 0. The molecule has 1 aromatic carbocycles. The second-order valence-corrected chi connectivity index (χ2v) is 7.10. The molecular weight excluding hydrogens is 296 g/mol. The predicted molar refractivity (Wildman–Crippen MR) is 97.3 cm³/mol. The predicted octanol–water partition coefficient (Wildman–Crippen LogP) is 4.45. The summed E-state index contributed by atoms with van der Waals surface area (Å²) in [5, 5.41) is 0. The Morgan fingerprint density at radius 3 is 2.38 bits per heavy atom. The van der Waals surface area contributed by atoms with Gasteiger partial charge in [-0.25, -0.2) is 0 Å². The average molecular weight is 322 g/mol. The number of aromatic nitrogens is 1. The van der Waals surface area contributed by atoms with Crippen molar-refractivity contribution in [2.45, 2.75) is 51.2 Å². The van der Waals surface area contributed by atoms with Crippen LogP contribution in [0.2, 0.25) is 0 Å². The van der Waals surface area contributed by atoms with Crippen molar-refractivity contribution < 1.29 is 4.74 Å². The van der Waals surface area contributed by atoms with E-state index in [0.717, 1.165) is 30.3 Å². The van der Waals surface area contributed by atoms with E-state index < -0.39 is 0 Å². The van der Waals surface area contributed by atoms with Crippen LogP contribution in [-0.4, -0.2) is 35.1 Å².